The first-order valence-electron chi connectivity index (χ1n) is 10.3. The first-order chi connectivity index (χ1) is 14.9. The van der Waals surface area contributed by atoms with Gasteiger partial charge in [-0.05, 0) is 37.6 Å². The van der Waals surface area contributed by atoms with Crippen molar-refractivity contribution < 1.29 is 14.0 Å². The molecule has 0 spiro atoms. The molecule has 4 rings (SSSR count). The molecule has 1 aliphatic heterocycles. The first-order valence-corrected chi connectivity index (χ1v) is 11.1. The van der Waals surface area contributed by atoms with Crippen molar-refractivity contribution in [2.45, 2.75) is 27.3 Å². The van der Waals surface area contributed by atoms with E-state index in [1.165, 1.54) is 11.3 Å². The highest BCUT2D eigenvalue weighted by Crippen LogP contribution is 2.30. The number of hydrogen-bond donors (Lipinski definition) is 1. The summed E-state index contributed by atoms with van der Waals surface area (Å²) in [5.41, 5.74) is 2.53. The van der Waals surface area contributed by atoms with Crippen LogP contribution in [0.25, 0.3) is 10.8 Å². The molecule has 31 heavy (non-hydrogen) atoms. The molecular formula is C23H26N4O3S. The van der Waals surface area contributed by atoms with E-state index in [1.54, 1.807) is 6.92 Å². The third kappa shape index (κ3) is 4.86. The topological polar surface area (TPSA) is 78.7 Å². The van der Waals surface area contributed by atoms with Crippen LogP contribution in [0.1, 0.15) is 33.6 Å². The number of thiazole rings is 1. The van der Waals surface area contributed by atoms with Crippen LogP contribution in [0, 0.1) is 13.8 Å². The Morgan fingerprint density at radius 2 is 1.84 bits per heavy atom. The number of aromatic nitrogens is 1. The maximum Gasteiger partial charge on any atom is 0.267 e. The monoisotopic (exact) mass is 438 g/mol. The van der Waals surface area contributed by atoms with Crippen LogP contribution in [0.3, 0.4) is 0 Å². The van der Waals surface area contributed by atoms with Gasteiger partial charge in [0.05, 0.1) is 5.69 Å². The van der Waals surface area contributed by atoms with Crippen molar-refractivity contribution in [2.24, 2.45) is 0 Å². The highest BCUT2D eigenvalue weighted by molar-refractivity contribution is 7.17. The Bertz CT molecular complexity index is 1100. The molecule has 162 valence electrons. The largest absolute Gasteiger partial charge is 0.459 e. The third-order valence-electron chi connectivity index (χ3n) is 5.43. The number of amides is 2. The summed E-state index contributed by atoms with van der Waals surface area (Å²) >= 11 is 1.33. The zero-order valence-electron chi connectivity index (χ0n) is 18.0. The molecule has 0 bridgehead atoms. The van der Waals surface area contributed by atoms with Crippen LogP contribution < -0.4 is 5.32 Å². The second-order valence-electron chi connectivity index (χ2n) is 7.74. The number of nitrogens with zero attached hydrogens (tertiary/aromatic N) is 3. The summed E-state index contributed by atoms with van der Waals surface area (Å²) in [5.74, 6) is 1.44. The summed E-state index contributed by atoms with van der Waals surface area (Å²) in [6.07, 6.45) is 0. The van der Waals surface area contributed by atoms with E-state index in [0.29, 0.717) is 21.3 Å². The van der Waals surface area contributed by atoms with Crippen LogP contribution >= 0.6 is 11.3 Å². The predicted molar refractivity (Wildman–Crippen MR) is 121 cm³/mol. The number of rotatable bonds is 5. The van der Waals surface area contributed by atoms with E-state index in [4.69, 9.17) is 4.42 Å². The maximum atomic E-state index is 13.0. The van der Waals surface area contributed by atoms with Crippen LogP contribution in [0.4, 0.5) is 5.69 Å². The van der Waals surface area contributed by atoms with Gasteiger partial charge >= 0.3 is 0 Å². The van der Waals surface area contributed by atoms with E-state index in [1.807, 2.05) is 55.1 Å². The Morgan fingerprint density at radius 1 is 1.10 bits per heavy atom. The number of hydrogen-bond acceptors (Lipinski definition) is 6. The van der Waals surface area contributed by atoms with Gasteiger partial charge in [0.2, 0.25) is 5.91 Å². The number of aryl methyl sites for hydroxylation is 2. The Labute approximate surface area is 185 Å². The molecule has 7 nitrogen and oxygen atoms in total. The molecular weight excluding hydrogens is 412 g/mol. The smallest absolute Gasteiger partial charge is 0.267 e. The highest BCUT2D eigenvalue weighted by atomic mass is 32.1. The normalized spacial score (nSPS) is 14.6. The van der Waals surface area contributed by atoms with Crippen molar-refractivity contribution >= 4 is 28.8 Å². The van der Waals surface area contributed by atoms with Crippen LogP contribution in [-0.2, 0) is 11.3 Å². The van der Waals surface area contributed by atoms with Crippen LogP contribution in [0.5, 0.6) is 0 Å². The van der Waals surface area contributed by atoms with Crippen LogP contribution in [0.2, 0.25) is 0 Å². The standard InChI is InChI=1S/C23H26N4O3S/c1-15-8-9-20(30-15)23-24-16(2)21(31-23)22(29)25-19-7-5-4-6-18(19)14-26-10-12-27(13-11-26)17(3)28/h4-9H,10-14H2,1-3H3,(H,25,29). The fourth-order valence-corrected chi connectivity index (χ4v) is 4.61. The van der Waals surface area contributed by atoms with Gasteiger partial charge in [0.15, 0.2) is 10.8 Å². The Balaban J connectivity index is 1.46. The Kier molecular flexibility index (Phi) is 6.20. The van der Waals surface area contributed by atoms with Gasteiger partial charge in [-0.2, -0.15) is 0 Å². The van der Waals surface area contributed by atoms with Crippen molar-refractivity contribution in [3.63, 3.8) is 0 Å². The Morgan fingerprint density at radius 3 is 2.52 bits per heavy atom. The van der Waals surface area contributed by atoms with E-state index in [-0.39, 0.29) is 11.8 Å². The number of carbonyl (C=O) groups is 2. The molecule has 1 saturated heterocycles. The fourth-order valence-electron chi connectivity index (χ4n) is 3.68. The van der Waals surface area contributed by atoms with Gasteiger partial charge in [0, 0.05) is 45.3 Å². The van der Waals surface area contributed by atoms with Gasteiger partial charge in [-0.25, -0.2) is 4.98 Å². The minimum Gasteiger partial charge on any atom is -0.459 e. The van der Waals surface area contributed by atoms with E-state index in [0.717, 1.165) is 49.7 Å². The second-order valence-corrected chi connectivity index (χ2v) is 8.74. The van der Waals surface area contributed by atoms with Crippen molar-refractivity contribution in [3.05, 3.63) is 58.3 Å². The number of para-hydroxylation sites is 1. The van der Waals surface area contributed by atoms with E-state index >= 15 is 0 Å². The summed E-state index contributed by atoms with van der Waals surface area (Å²) in [6.45, 7) is 9.17. The zero-order valence-corrected chi connectivity index (χ0v) is 18.8. The highest BCUT2D eigenvalue weighted by Gasteiger charge is 2.21. The summed E-state index contributed by atoms with van der Waals surface area (Å²) in [5, 5.41) is 3.77. The molecule has 1 N–H and O–H groups in total. The van der Waals surface area contributed by atoms with Crippen molar-refractivity contribution in [2.75, 3.05) is 31.5 Å². The lowest BCUT2D eigenvalue weighted by atomic mass is 10.1. The summed E-state index contributed by atoms with van der Waals surface area (Å²) in [6, 6.07) is 11.6. The van der Waals surface area contributed by atoms with Gasteiger partial charge in [-0.1, -0.05) is 18.2 Å². The number of furan rings is 1. The number of nitrogens with one attached hydrogen (secondary N) is 1. The van der Waals surface area contributed by atoms with Crippen molar-refractivity contribution in [1.82, 2.24) is 14.8 Å². The average molecular weight is 439 g/mol. The van der Waals surface area contributed by atoms with Crippen molar-refractivity contribution in [1.29, 1.82) is 0 Å². The van der Waals surface area contributed by atoms with Crippen LogP contribution in [-0.4, -0.2) is 52.8 Å². The molecule has 0 saturated carbocycles. The van der Waals surface area contributed by atoms with Gasteiger partial charge < -0.3 is 14.6 Å². The second kappa shape index (κ2) is 9.03. The molecule has 1 fully saturated rings. The van der Waals surface area contributed by atoms with Crippen molar-refractivity contribution in [3.8, 4) is 10.8 Å². The summed E-state index contributed by atoms with van der Waals surface area (Å²) < 4.78 is 5.65. The van der Waals surface area contributed by atoms with Gasteiger partial charge in [0.1, 0.15) is 10.6 Å². The Hall–Kier alpha value is -2.97. The summed E-state index contributed by atoms with van der Waals surface area (Å²) in [7, 11) is 0. The molecule has 3 aromatic rings. The molecule has 1 aromatic carbocycles. The average Bonchev–Trinajstić information content (AvgIpc) is 3.35. The number of anilines is 1. The molecule has 0 aliphatic carbocycles. The lowest BCUT2D eigenvalue weighted by Crippen LogP contribution is -2.47. The summed E-state index contributed by atoms with van der Waals surface area (Å²) in [4.78, 5) is 33.8. The van der Waals surface area contributed by atoms with E-state index in [9.17, 15) is 9.59 Å². The lowest BCUT2D eigenvalue weighted by molar-refractivity contribution is -0.130. The van der Waals surface area contributed by atoms with E-state index in [2.05, 4.69) is 15.2 Å². The number of benzene rings is 1. The fraction of sp³-hybridized carbons (Fsp3) is 0.348. The van der Waals surface area contributed by atoms with Gasteiger partial charge in [-0.3, -0.25) is 14.5 Å². The molecule has 2 aromatic heterocycles. The molecule has 2 amide bonds. The quantitative estimate of drug-likeness (QED) is 0.653. The SMILES string of the molecule is CC(=O)N1CCN(Cc2ccccc2NC(=O)c2sc(-c3ccc(C)o3)nc2C)CC1. The maximum absolute atomic E-state index is 13.0. The minimum absolute atomic E-state index is 0.122. The van der Waals surface area contributed by atoms with E-state index < -0.39 is 0 Å². The molecule has 1 aliphatic rings. The third-order valence-corrected chi connectivity index (χ3v) is 6.60. The number of carbonyl (C=O) groups excluding carboxylic acids is 2. The van der Waals surface area contributed by atoms with Crippen LogP contribution in [0.15, 0.2) is 40.8 Å². The molecule has 8 heteroatoms. The van der Waals surface area contributed by atoms with Gasteiger partial charge in [-0.15, -0.1) is 11.3 Å². The van der Waals surface area contributed by atoms with Gasteiger partial charge in [0.25, 0.3) is 5.91 Å². The molecule has 0 atom stereocenters. The number of piperazine rings is 1. The predicted octanol–water partition coefficient (Wildman–Crippen LogP) is 3.94. The lowest BCUT2D eigenvalue weighted by Gasteiger charge is -2.34. The zero-order chi connectivity index (χ0) is 22.0. The molecule has 0 radical (unpaired) electrons. The minimum atomic E-state index is -0.168. The molecule has 0 unspecified atom stereocenters. The first kappa shape index (κ1) is 21.3. The molecule has 3 heterocycles.